The highest BCUT2D eigenvalue weighted by molar-refractivity contribution is 5.71. The number of alkyl halides is 13. The highest BCUT2D eigenvalue weighted by Gasteiger charge is 2.90. The first-order chi connectivity index (χ1) is 14.8. The minimum atomic E-state index is -7.97. The van der Waals surface area contributed by atoms with E-state index in [0.717, 1.165) is 13.3 Å². The van der Waals surface area contributed by atoms with Gasteiger partial charge in [0, 0.05) is 0 Å². The summed E-state index contributed by atoms with van der Waals surface area (Å²) in [4.78, 5) is 21.0. The Balaban J connectivity index is 0. The molecule has 0 aliphatic carbocycles. The lowest BCUT2D eigenvalue weighted by atomic mass is 9.94. The highest BCUT2D eigenvalue weighted by atomic mass is 19.4. The maximum Gasteiger partial charge on any atom is 0.460 e. The third-order valence-electron chi connectivity index (χ3n) is 4.44. The van der Waals surface area contributed by atoms with E-state index in [9.17, 15) is 66.7 Å². The molecule has 204 valence electrons. The molecule has 0 rings (SSSR count). The summed E-state index contributed by atoms with van der Waals surface area (Å²) in [5.41, 5.74) is 0. The predicted molar refractivity (Wildman–Crippen MR) is 88.3 cm³/mol. The van der Waals surface area contributed by atoms with Crippen molar-refractivity contribution in [3.05, 3.63) is 0 Å². The summed E-state index contributed by atoms with van der Waals surface area (Å²) < 4.78 is 170. The maximum absolute atomic E-state index is 13.3. The number of ether oxygens (including phenoxy) is 1. The van der Waals surface area contributed by atoms with Gasteiger partial charge in [0.15, 0.2) is 6.61 Å². The van der Waals surface area contributed by atoms with Crippen molar-refractivity contribution in [2.75, 3.05) is 6.61 Å². The maximum atomic E-state index is 13.3. The third-order valence-corrected chi connectivity index (χ3v) is 4.44. The van der Waals surface area contributed by atoms with Crippen LogP contribution in [0.15, 0.2) is 0 Å². The Hall–Kier alpha value is -1.97. The zero-order valence-corrected chi connectivity index (χ0v) is 17.9. The Labute approximate surface area is 184 Å². The minimum absolute atomic E-state index is 0.104. The van der Waals surface area contributed by atoms with Gasteiger partial charge in [0.05, 0.1) is 11.8 Å². The molecule has 17 heteroatoms. The topological polar surface area (TPSA) is 63.6 Å². The number of carbonyl (C=O) groups excluding carboxylic acids is 1. The first kappa shape index (κ1) is 34.2. The highest BCUT2D eigenvalue weighted by Crippen LogP contribution is 2.60. The molecule has 2 atom stereocenters. The number of esters is 1. The second-order valence-electron chi connectivity index (χ2n) is 7.06. The standard InChI is InChI=1S/C12H11F13O2.C5H10O2/c1-3-5(2)6(26)27-4-7(13,14)8(15,16)9(17,18)10(19,20)11(21,22)12(23,24)25;1-3-4(2)5(6)7/h5H,3-4H2,1-2H3;4H,3H2,1-2H3,(H,6,7). The van der Waals surface area contributed by atoms with Gasteiger partial charge in [-0.3, -0.25) is 9.59 Å². The summed E-state index contributed by atoms with van der Waals surface area (Å²) >= 11 is 0. The van der Waals surface area contributed by atoms with E-state index >= 15 is 0 Å². The van der Waals surface area contributed by atoms with Crippen LogP contribution in [0.4, 0.5) is 57.1 Å². The average molecular weight is 536 g/mol. The van der Waals surface area contributed by atoms with Crippen LogP contribution in [-0.4, -0.2) is 59.4 Å². The van der Waals surface area contributed by atoms with E-state index in [1.165, 1.54) is 6.92 Å². The molecule has 0 aliphatic heterocycles. The van der Waals surface area contributed by atoms with Crippen molar-refractivity contribution in [2.24, 2.45) is 11.8 Å². The van der Waals surface area contributed by atoms with Crippen LogP contribution in [0.3, 0.4) is 0 Å². The fourth-order valence-electron chi connectivity index (χ4n) is 1.54. The van der Waals surface area contributed by atoms with Crippen molar-refractivity contribution >= 4 is 11.9 Å². The summed E-state index contributed by atoms with van der Waals surface area (Å²) in [6.07, 6.45) is -6.85. The fourth-order valence-corrected chi connectivity index (χ4v) is 1.54. The van der Waals surface area contributed by atoms with Crippen LogP contribution >= 0.6 is 0 Å². The van der Waals surface area contributed by atoms with Crippen LogP contribution in [0.1, 0.15) is 40.5 Å². The van der Waals surface area contributed by atoms with Gasteiger partial charge >= 0.3 is 47.7 Å². The van der Waals surface area contributed by atoms with Gasteiger partial charge in [-0.1, -0.05) is 27.7 Å². The summed E-state index contributed by atoms with van der Waals surface area (Å²) in [6.45, 7) is 2.89. The number of hydrogen-bond acceptors (Lipinski definition) is 3. The normalized spacial score (nSPS) is 15.7. The molecule has 0 amide bonds. The van der Waals surface area contributed by atoms with E-state index in [1.807, 2.05) is 6.92 Å². The molecule has 0 bridgehead atoms. The molecule has 2 unspecified atom stereocenters. The Morgan fingerprint density at radius 1 is 0.676 bits per heavy atom. The lowest BCUT2D eigenvalue weighted by Gasteiger charge is -2.39. The van der Waals surface area contributed by atoms with E-state index in [0.29, 0.717) is 0 Å². The lowest BCUT2D eigenvalue weighted by Crippen LogP contribution is -2.70. The van der Waals surface area contributed by atoms with Gasteiger partial charge in [-0.15, -0.1) is 0 Å². The van der Waals surface area contributed by atoms with Crippen molar-refractivity contribution in [1.82, 2.24) is 0 Å². The first-order valence-electron chi connectivity index (χ1n) is 9.15. The molecule has 0 aromatic rings. The smallest absolute Gasteiger partial charge is 0.460 e. The monoisotopic (exact) mass is 536 g/mol. The number of carboxylic acids is 1. The molecule has 1 N–H and O–H groups in total. The largest absolute Gasteiger partial charge is 0.481 e. The van der Waals surface area contributed by atoms with Crippen molar-refractivity contribution < 1.29 is 76.5 Å². The molecule has 0 aromatic carbocycles. The van der Waals surface area contributed by atoms with Crippen LogP contribution in [0, 0.1) is 11.8 Å². The van der Waals surface area contributed by atoms with Gasteiger partial charge in [-0.2, -0.15) is 57.1 Å². The van der Waals surface area contributed by atoms with E-state index in [4.69, 9.17) is 5.11 Å². The van der Waals surface area contributed by atoms with Gasteiger partial charge in [-0.05, 0) is 12.8 Å². The van der Waals surface area contributed by atoms with Crippen LogP contribution < -0.4 is 0 Å². The van der Waals surface area contributed by atoms with Gasteiger partial charge in [-0.25, -0.2) is 0 Å². The molecule has 0 saturated carbocycles. The van der Waals surface area contributed by atoms with Crippen molar-refractivity contribution in [3.8, 4) is 0 Å². The second kappa shape index (κ2) is 11.2. The average Bonchev–Trinajstić information content (AvgIpc) is 2.69. The molecular weight excluding hydrogens is 515 g/mol. The molecule has 0 heterocycles. The van der Waals surface area contributed by atoms with Crippen molar-refractivity contribution in [1.29, 1.82) is 0 Å². The minimum Gasteiger partial charge on any atom is -0.481 e. The molecule has 0 aliphatic rings. The molecular formula is C17H21F13O4. The van der Waals surface area contributed by atoms with Crippen LogP contribution in [0.2, 0.25) is 0 Å². The molecule has 0 fully saturated rings. The Morgan fingerprint density at radius 3 is 1.29 bits per heavy atom. The van der Waals surface area contributed by atoms with Gasteiger partial charge in [0.1, 0.15) is 0 Å². The summed E-state index contributed by atoms with van der Waals surface area (Å²) in [5.74, 6) is -41.2. The van der Waals surface area contributed by atoms with Crippen LogP contribution in [0.5, 0.6) is 0 Å². The Kier molecular flexibility index (Phi) is 11.2. The number of carboxylic acid groups (broad SMARTS) is 1. The third kappa shape index (κ3) is 6.79. The van der Waals surface area contributed by atoms with Gasteiger partial charge in [0.25, 0.3) is 0 Å². The van der Waals surface area contributed by atoms with Crippen LogP contribution in [-0.2, 0) is 14.3 Å². The zero-order valence-electron chi connectivity index (χ0n) is 17.9. The van der Waals surface area contributed by atoms with Crippen molar-refractivity contribution in [3.63, 3.8) is 0 Å². The van der Waals surface area contributed by atoms with E-state index in [-0.39, 0.29) is 12.3 Å². The van der Waals surface area contributed by atoms with E-state index < -0.39 is 60.3 Å². The molecule has 34 heavy (non-hydrogen) atoms. The number of carbonyl (C=O) groups is 2. The number of hydrogen-bond donors (Lipinski definition) is 1. The lowest BCUT2D eigenvalue weighted by molar-refractivity contribution is -0.441. The number of rotatable bonds is 10. The fraction of sp³-hybridized carbons (Fsp3) is 0.882. The van der Waals surface area contributed by atoms with Gasteiger partial charge < -0.3 is 9.84 Å². The quantitative estimate of drug-likeness (QED) is 0.258. The SMILES string of the molecule is CCC(C)C(=O)O.CCC(C)C(=O)OCC(F)(F)C(F)(F)C(F)(F)C(F)(F)C(F)(F)C(F)(F)F. The molecule has 4 nitrogen and oxygen atoms in total. The Bertz CT molecular complexity index is 689. The zero-order chi connectivity index (χ0) is 28.1. The summed E-state index contributed by atoms with van der Waals surface area (Å²) in [5, 5.41) is 8.18. The first-order valence-corrected chi connectivity index (χ1v) is 9.15. The van der Waals surface area contributed by atoms with E-state index in [2.05, 4.69) is 4.74 Å². The molecule has 0 spiro atoms. The molecule has 0 aromatic heterocycles. The number of aliphatic carboxylic acids is 1. The predicted octanol–water partition coefficient (Wildman–Crippen LogP) is 6.43. The van der Waals surface area contributed by atoms with E-state index in [1.54, 1.807) is 6.92 Å². The number of halogens is 13. The summed E-state index contributed by atoms with van der Waals surface area (Å²) in [6, 6.07) is 0. The van der Waals surface area contributed by atoms with Crippen LogP contribution in [0.25, 0.3) is 0 Å². The van der Waals surface area contributed by atoms with Gasteiger partial charge in [0.2, 0.25) is 0 Å². The summed E-state index contributed by atoms with van der Waals surface area (Å²) in [7, 11) is 0. The van der Waals surface area contributed by atoms with Crippen molar-refractivity contribution in [2.45, 2.75) is 76.3 Å². The Morgan fingerprint density at radius 2 is 1.03 bits per heavy atom. The molecule has 0 saturated heterocycles. The molecule has 0 radical (unpaired) electrons. The second-order valence-corrected chi connectivity index (χ2v) is 7.06.